The molecule has 0 fully saturated rings. The van der Waals surface area contributed by atoms with Crippen molar-refractivity contribution >= 4 is 13.6 Å². The smallest absolute Gasteiger partial charge is 0.393 e. The van der Waals surface area contributed by atoms with Crippen LogP contribution < -0.4 is 0 Å². The molecule has 0 saturated heterocycles. The predicted molar refractivity (Wildman–Crippen MR) is 143 cm³/mol. The summed E-state index contributed by atoms with van der Waals surface area (Å²) in [4.78, 5) is 26.7. The summed E-state index contributed by atoms with van der Waals surface area (Å²) in [5, 5.41) is 17.6. The number of quaternary nitrogens is 1. The number of ketones is 1. The van der Waals surface area contributed by atoms with Crippen LogP contribution >= 0.6 is 7.82 Å². The highest BCUT2D eigenvalue weighted by molar-refractivity contribution is 7.47. The number of phosphoric acid groups is 1. The standard InChI is InChI=1S/C26H54NO8P/c1-5-6-7-8-9-10-11-12-13-14-15-16-17-18-19-20-25(29)26(21-27(2,3)4)35-36(31,32)33-23-24(22-28)34-30/h24,26,28H,5-23H2,1-4H3,(H-,30,31,32)/p+1/t24-,26?/m1/s1. The summed E-state index contributed by atoms with van der Waals surface area (Å²) in [6, 6.07) is 0. The minimum atomic E-state index is -4.58. The molecule has 216 valence electrons. The fraction of sp³-hybridized carbons (Fsp3) is 0.962. The second-order valence-electron chi connectivity index (χ2n) is 10.9. The Labute approximate surface area is 219 Å². The molecule has 0 aromatic carbocycles. The molecule has 0 aliphatic heterocycles. The maximum absolute atomic E-state index is 12.8. The molecule has 0 aliphatic rings. The predicted octanol–water partition coefficient (Wildman–Crippen LogP) is 5.88. The van der Waals surface area contributed by atoms with Crippen molar-refractivity contribution in [2.45, 2.75) is 122 Å². The van der Waals surface area contributed by atoms with E-state index in [4.69, 9.17) is 19.4 Å². The van der Waals surface area contributed by atoms with Crippen LogP contribution in [0.3, 0.4) is 0 Å². The number of nitrogens with zero attached hydrogens (tertiary/aromatic N) is 1. The Morgan fingerprint density at radius 2 is 1.28 bits per heavy atom. The Morgan fingerprint density at radius 3 is 1.67 bits per heavy atom. The van der Waals surface area contributed by atoms with E-state index in [9.17, 15) is 14.3 Å². The summed E-state index contributed by atoms with van der Waals surface area (Å²) in [5.74, 6) is -0.229. The number of aliphatic hydroxyl groups excluding tert-OH is 1. The summed E-state index contributed by atoms with van der Waals surface area (Å²) in [7, 11) is 1.01. The number of hydrogen-bond donors (Lipinski definition) is 3. The third kappa shape index (κ3) is 21.7. The van der Waals surface area contributed by atoms with Gasteiger partial charge in [0.25, 0.3) is 0 Å². The van der Waals surface area contributed by atoms with E-state index in [1.54, 1.807) is 0 Å². The van der Waals surface area contributed by atoms with Crippen molar-refractivity contribution in [3.05, 3.63) is 0 Å². The number of unbranched alkanes of at least 4 members (excludes halogenated alkanes) is 14. The average molecular weight is 541 g/mol. The summed E-state index contributed by atoms with van der Waals surface area (Å²) < 4.78 is 22.6. The molecule has 0 bridgehead atoms. The van der Waals surface area contributed by atoms with Gasteiger partial charge in [-0.05, 0) is 6.42 Å². The Hall–Kier alpha value is -0.380. The highest BCUT2D eigenvalue weighted by Gasteiger charge is 2.35. The topological polar surface area (TPSA) is 123 Å². The fourth-order valence-electron chi connectivity index (χ4n) is 4.01. The highest BCUT2D eigenvalue weighted by atomic mass is 31.2. The van der Waals surface area contributed by atoms with E-state index in [1.165, 1.54) is 77.0 Å². The number of hydrogen-bond acceptors (Lipinski definition) is 7. The Kier molecular flexibility index (Phi) is 21.3. The maximum Gasteiger partial charge on any atom is 0.473 e. The van der Waals surface area contributed by atoms with Gasteiger partial charge in [-0.2, -0.15) is 0 Å². The van der Waals surface area contributed by atoms with Crippen molar-refractivity contribution < 1.29 is 43.0 Å². The summed E-state index contributed by atoms with van der Waals surface area (Å²) in [5.41, 5.74) is 0. The summed E-state index contributed by atoms with van der Waals surface area (Å²) in [6.45, 7) is 1.31. The lowest BCUT2D eigenvalue weighted by Crippen LogP contribution is -2.45. The van der Waals surface area contributed by atoms with Crippen LogP contribution in [0.2, 0.25) is 0 Å². The van der Waals surface area contributed by atoms with Gasteiger partial charge in [0.2, 0.25) is 0 Å². The SMILES string of the molecule is CCCCCCCCCCCCCCCCCC(=O)C(C[N+](C)(C)C)OP(=O)(O)OC[C@@H](CO)OO. The highest BCUT2D eigenvalue weighted by Crippen LogP contribution is 2.45. The van der Waals surface area contributed by atoms with Gasteiger partial charge < -0.3 is 14.5 Å². The van der Waals surface area contributed by atoms with Crippen molar-refractivity contribution in [1.82, 2.24) is 0 Å². The zero-order valence-corrected chi connectivity index (χ0v) is 24.3. The van der Waals surface area contributed by atoms with Gasteiger partial charge in [-0.3, -0.25) is 19.1 Å². The van der Waals surface area contributed by atoms with E-state index in [2.05, 4.69) is 11.8 Å². The number of carbonyl (C=O) groups is 1. The maximum atomic E-state index is 12.8. The van der Waals surface area contributed by atoms with Crippen LogP contribution in [0.1, 0.15) is 110 Å². The van der Waals surface area contributed by atoms with Crippen LogP contribution in [0.5, 0.6) is 0 Å². The lowest BCUT2D eigenvalue weighted by atomic mass is 10.0. The van der Waals surface area contributed by atoms with Gasteiger partial charge in [0, 0.05) is 6.42 Å². The lowest BCUT2D eigenvalue weighted by molar-refractivity contribution is -0.872. The molecule has 9 nitrogen and oxygen atoms in total. The monoisotopic (exact) mass is 540 g/mol. The molecular weight excluding hydrogens is 485 g/mol. The summed E-state index contributed by atoms with van der Waals surface area (Å²) >= 11 is 0. The van der Waals surface area contributed by atoms with Gasteiger partial charge in [0.1, 0.15) is 12.6 Å². The van der Waals surface area contributed by atoms with Gasteiger partial charge in [0.05, 0.1) is 34.4 Å². The molecule has 0 spiro atoms. The number of aliphatic hydroxyl groups is 1. The molecule has 0 aliphatic carbocycles. The van der Waals surface area contributed by atoms with Crippen molar-refractivity contribution in [2.24, 2.45) is 0 Å². The fourth-order valence-corrected chi connectivity index (χ4v) is 4.93. The normalized spacial score (nSPS) is 15.5. The molecule has 3 atom stereocenters. The van der Waals surface area contributed by atoms with Crippen molar-refractivity contribution in [3.63, 3.8) is 0 Å². The zero-order chi connectivity index (χ0) is 27.3. The number of phosphoric ester groups is 1. The Bertz CT molecular complexity index is 581. The van der Waals surface area contributed by atoms with E-state index in [0.717, 1.165) is 19.3 Å². The molecule has 0 aromatic rings. The molecule has 3 N–H and O–H groups in total. The number of Topliss-reactive ketones (excluding diaryl/α,β-unsaturated/α-hetero) is 1. The van der Waals surface area contributed by atoms with E-state index in [-0.39, 0.29) is 18.7 Å². The van der Waals surface area contributed by atoms with E-state index >= 15 is 0 Å². The first-order valence-electron chi connectivity index (χ1n) is 13.9. The quantitative estimate of drug-likeness (QED) is 0.0409. The van der Waals surface area contributed by atoms with E-state index in [0.29, 0.717) is 4.48 Å². The van der Waals surface area contributed by atoms with Crippen LogP contribution in [-0.4, -0.2) is 78.6 Å². The first-order chi connectivity index (χ1) is 17.0. The third-order valence-electron chi connectivity index (χ3n) is 6.14. The van der Waals surface area contributed by atoms with Crippen molar-refractivity contribution in [3.8, 4) is 0 Å². The molecular formula is C26H55NO8P+. The second kappa shape index (κ2) is 21.5. The van der Waals surface area contributed by atoms with Gasteiger partial charge in [-0.25, -0.2) is 9.45 Å². The molecule has 2 unspecified atom stereocenters. The van der Waals surface area contributed by atoms with Crippen molar-refractivity contribution in [1.29, 1.82) is 0 Å². The molecule has 0 rings (SSSR count). The van der Waals surface area contributed by atoms with Crippen LogP contribution in [0.15, 0.2) is 0 Å². The second-order valence-corrected chi connectivity index (χ2v) is 12.3. The van der Waals surface area contributed by atoms with Crippen LogP contribution in [0.25, 0.3) is 0 Å². The summed E-state index contributed by atoms with van der Waals surface area (Å²) in [6.07, 6.45) is 16.6. The van der Waals surface area contributed by atoms with Gasteiger partial charge >= 0.3 is 7.82 Å². The minimum absolute atomic E-state index is 0.214. The molecule has 0 heterocycles. The largest absolute Gasteiger partial charge is 0.473 e. The number of likely N-dealkylation sites (N-methyl/N-ethyl adjacent to an activating group) is 1. The van der Waals surface area contributed by atoms with Crippen LogP contribution in [0, 0.1) is 0 Å². The first-order valence-corrected chi connectivity index (χ1v) is 15.4. The molecule has 0 amide bonds. The van der Waals surface area contributed by atoms with Gasteiger partial charge in [-0.15, -0.1) is 0 Å². The minimum Gasteiger partial charge on any atom is -0.393 e. The number of rotatable bonds is 26. The third-order valence-corrected chi connectivity index (χ3v) is 7.13. The zero-order valence-electron chi connectivity index (χ0n) is 23.4. The molecule has 0 saturated carbocycles. The van der Waals surface area contributed by atoms with Crippen LogP contribution in [-0.2, 0) is 23.3 Å². The molecule has 0 aromatic heterocycles. The number of carbonyl (C=O) groups excluding carboxylic acids is 1. The molecule has 0 radical (unpaired) electrons. The van der Waals surface area contributed by atoms with Gasteiger partial charge in [-0.1, -0.05) is 96.8 Å². The lowest BCUT2D eigenvalue weighted by Gasteiger charge is -2.29. The molecule has 10 heteroatoms. The Morgan fingerprint density at radius 1 is 0.833 bits per heavy atom. The Balaban J connectivity index is 4.11. The van der Waals surface area contributed by atoms with E-state index in [1.807, 2.05) is 21.1 Å². The average Bonchev–Trinajstić information content (AvgIpc) is 2.80. The van der Waals surface area contributed by atoms with Crippen LogP contribution in [0.4, 0.5) is 0 Å². The van der Waals surface area contributed by atoms with E-state index < -0.39 is 33.2 Å². The first kappa shape index (κ1) is 35.6. The molecule has 36 heavy (non-hydrogen) atoms. The van der Waals surface area contributed by atoms with Gasteiger partial charge in [0.15, 0.2) is 11.9 Å². The van der Waals surface area contributed by atoms with Crippen molar-refractivity contribution in [2.75, 3.05) is 40.9 Å².